The molecule has 0 saturated carbocycles. The third-order valence-corrected chi connectivity index (χ3v) is 5.63. The summed E-state index contributed by atoms with van der Waals surface area (Å²) < 4.78 is 5.78. The summed E-state index contributed by atoms with van der Waals surface area (Å²) in [4.78, 5) is 31.5. The molecule has 0 radical (unpaired) electrons. The maximum Gasteiger partial charge on any atom is 0.270 e. The minimum absolute atomic E-state index is 0.0513. The van der Waals surface area contributed by atoms with Crippen molar-refractivity contribution < 1.29 is 9.34 Å². The van der Waals surface area contributed by atoms with Crippen molar-refractivity contribution in [1.29, 1.82) is 0 Å². The minimum atomic E-state index is -0.451. The maximum atomic E-state index is 13.0. The summed E-state index contributed by atoms with van der Waals surface area (Å²) in [5.41, 5.74) is 2.83. The van der Waals surface area contributed by atoms with Crippen LogP contribution in [0.2, 0.25) is 0 Å². The number of aromatic nitrogens is 2. The van der Waals surface area contributed by atoms with Crippen molar-refractivity contribution in [2.45, 2.75) is 10.1 Å². The number of benzene rings is 3. The SMILES string of the molecule is O=c1[nH]c2ccc([N+](=O)[O-])cc2c(-c2ccccc2)c1Sc1nc2ccccc2o1. The van der Waals surface area contributed by atoms with Crippen LogP contribution in [0.5, 0.6) is 0 Å². The molecule has 0 aliphatic heterocycles. The Morgan fingerprint density at radius 1 is 1.00 bits per heavy atom. The summed E-state index contributed by atoms with van der Waals surface area (Å²) in [6.45, 7) is 0. The Morgan fingerprint density at radius 2 is 1.77 bits per heavy atom. The van der Waals surface area contributed by atoms with E-state index in [9.17, 15) is 14.9 Å². The van der Waals surface area contributed by atoms with E-state index < -0.39 is 4.92 Å². The minimum Gasteiger partial charge on any atom is -0.431 e. The van der Waals surface area contributed by atoms with Gasteiger partial charge in [-0.05, 0) is 35.5 Å². The number of nitro groups is 1. The molecular weight excluding hydrogens is 402 g/mol. The topological polar surface area (TPSA) is 102 Å². The number of nitro benzene ring substituents is 1. The molecule has 0 aliphatic carbocycles. The summed E-state index contributed by atoms with van der Waals surface area (Å²) in [5.74, 6) is 0. The fourth-order valence-electron chi connectivity index (χ4n) is 3.35. The van der Waals surface area contributed by atoms with Gasteiger partial charge in [-0.25, -0.2) is 4.98 Å². The highest BCUT2D eigenvalue weighted by molar-refractivity contribution is 7.99. The summed E-state index contributed by atoms with van der Waals surface area (Å²) in [7, 11) is 0. The van der Waals surface area contributed by atoms with Crippen LogP contribution in [0, 0.1) is 10.1 Å². The van der Waals surface area contributed by atoms with Gasteiger partial charge in [-0.15, -0.1) is 0 Å². The van der Waals surface area contributed by atoms with Gasteiger partial charge in [-0.1, -0.05) is 42.5 Å². The van der Waals surface area contributed by atoms with Crippen LogP contribution in [0.25, 0.3) is 33.1 Å². The lowest BCUT2D eigenvalue weighted by Gasteiger charge is -2.11. The van der Waals surface area contributed by atoms with E-state index in [1.165, 1.54) is 12.1 Å². The van der Waals surface area contributed by atoms with Gasteiger partial charge < -0.3 is 9.40 Å². The molecule has 30 heavy (non-hydrogen) atoms. The zero-order valence-corrected chi connectivity index (χ0v) is 16.2. The smallest absolute Gasteiger partial charge is 0.270 e. The molecule has 2 heterocycles. The molecule has 2 aromatic heterocycles. The predicted octanol–water partition coefficient (Wildman–Crippen LogP) is 5.40. The van der Waals surface area contributed by atoms with Crippen LogP contribution >= 0.6 is 11.8 Å². The number of non-ortho nitro benzene ring substituents is 1. The molecule has 0 atom stereocenters. The summed E-state index contributed by atoms with van der Waals surface area (Å²) in [5, 5.41) is 12.2. The van der Waals surface area contributed by atoms with E-state index in [0.717, 1.165) is 17.3 Å². The molecule has 0 aliphatic rings. The predicted molar refractivity (Wildman–Crippen MR) is 115 cm³/mol. The second-order valence-corrected chi connectivity index (χ2v) is 7.52. The Hall–Kier alpha value is -3.91. The lowest BCUT2D eigenvalue weighted by atomic mass is 10.0. The molecule has 0 bridgehead atoms. The average Bonchev–Trinajstić information content (AvgIpc) is 3.17. The van der Waals surface area contributed by atoms with Crippen LogP contribution in [0.3, 0.4) is 0 Å². The van der Waals surface area contributed by atoms with Gasteiger partial charge in [0, 0.05) is 28.6 Å². The van der Waals surface area contributed by atoms with Crippen molar-refractivity contribution in [3.05, 3.63) is 93.3 Å². The van der Waals surface area contributed by atoms with Crippen molar-refractivity contribution in [1.82, 2.24) is 9.97 Å². The van der Waals surface area contributed by atoms with Crippen molar-refractivity contribution in [2.75, 3.05) is 0 Å². The highest BCUT2D eigenvalue weighted by Crippen LogP contribution is 2.39. The highest BCUT2D eigenvalue weighted by Gasteiger charge is 2.20. The largest absolute Gasteiger partial charge is 0.431 e. The standard InChI is InChI=1S/C22H13N3O4S/c26-21-20(30-22-24-17-8-4-5-9-18(17)29-22)19(13-6-2-1-3-7-13)15-12-14(25(27)28)10-11-16(15)23-21/h1-12H,(H,23,26). The number of aromatic amines is 1. The van der Waals surface area contributed by atoms with Crippen molar-refractivity contribution in [3.8, 4) is 11.1 Å². The van der Waals surface area contributed by atoms with Gasteiger partial charge in [0.25, 0.3) is 16.5 Å². The van der Waals surface area contributed by atoms with E-state index in [4.69, 9.17) is 4.42 Å². The lowest BCUT2D eigenvalue weighted by molar-refractivity contribution is -0.384. The zero-order chi connectivity index (χ0) is 20.7. The molecule has 0 unspecified atom stereocenters. The Balaban J connectivity index is 1.78. The van der Waals surface area contributed by atoms with Gasteiger partial charge in [0.15, 0.2) is 5.58 Å². The first-order chi connectivity index (χ1) is 14.6. The number of hydrogen-bond acceptors (Lipinski definition) is 6. The molecule has 0 fully saturated rings. The lowest BCUT2D eigenvalue weighted by Crippen LogP contribution is -2.10. The Morgan fingerprint density at radius 3 is 2.53 bits per heavy atom. The summed E-state index contributed by atoms with van der Waals surface area (Å²) in [6, 6.07) is 21.0. The molecule has 0 amide bonds. The Kier molecular flexibility index (Phi) is 4.33. The third-order valence-electron chi connectivity index (χ3n) is 4.69. The van der Waals surface area contributed by atoms with Crippen molar-refractivity contribution >= 4 is 39.5 Å². The second kappa shape index (κ2) is 7.16. The molecule has 8 heteroatoms. The normalized spacial score (nSPS) is 11.2. The zero-order valence-electron chi connectivity index (χ0n) is 15.4. The monoisotopic (exact) mass is 415 g/mol. The number of H-pyrrole nitrogens is 1. The molecule has 0 saturated heterocycles. The Bertz CT molecular complexity index is 1440. The van der Waals surface area contributed by atoms with E-state index in [-0.39, 0.29) is 11.2 Å². The van der Waals surface area contributed by atoms with Crippen molar-refractivity contribution in [3.63, 3.8) is 0 Å². The molecule has 1 N–H and O–H groups in total. The van der Waals surface area contributed by atoms with E-state index in [0.29, 0.717) is 37.7 Å². The first-order valence-corrected chi connectivity index (χ1v) is 9.85. The first kappa shape index (κ1) is 18.1. The van der Waals surface area contributed by atoms with Gasteiger partial charge in [0.2, 0.25) is 0 Å². The van der Waals surface area contributed by atoms with Crippen LogP contribution in [0.1, 0.15) is 0 Å². The highest BCUT2D eigenvalue weighted by atomic mass is 32.2. The first-order valence-electron chi connectivity index (χ1n) is 9.03. The van der Waals surface area contributed by atoms with E-state index in [1.807, 2.05) is 48.5 Å². The number of nitrogens with zero attached hydrogens (tertiary/aromatic N) is 2. The van der Waals surface area contributed by atoms with Gasteiger partial charge in [-0.2, -0.15) is 0 Å². The number of pyridine rings is 1. The molecule has 7 nitrogen and oxygen atoms in total. The van der Waals surface area contributed by atoms with Crippen LogP contribution in [0.4, 0.5) is 5.69 Å². The van der Waals surface area contributed by atoms with Crippen molar-refractivity contribution in [2.24, 2.45) is 0 Å². The summed E-state index contributed by atoms with van der Waals surface area (Å²) >= 11 is 1.10. The average molecular weight is 415 g/mol. The van der Waals surface area contributed by atoms with Crippen LogP contribution in [-0.4, -0.2) is 14.9 Å². The quantitative estimate of drug-likeness (QED) is 0.312. The Labute approximate surface area is 173 Å². The maximum absolute atomic E-state index is 13.0. The van der Waals surface area contributed by atoms with Gasteiger partial charge >= 0.3 is 0 Å². The third kappa shape index (κ3) is 3.13. The van der Waals surface area contributed by atoms with Gasteiger partial charge in [0.1, 0.15) is 5.52 Å². The fourth-order valence-corrected chi connectivity index (χ4v) is 4.27. The van der Waals surface area contributed by atoms with E-state index in [1.54, 1.807) is 12.1 Å². The number of hydrogen-bond donors (Lipinski definition) is 1. The van der Waals surface area contributed by atoms with Gasteiger partial charge in [-0.3, -0.25) is 14.9 Å². The molecular formula is C22H13N3O4S. The second-order valence-electron chi connectivity index (χ2n) is 6.56. The number of oxazole rings is 1. The molecule has 0 spiro atoms. The molecule has 5 aromatic rings. The number of rotatable bonds is 4. The van der Waals surface area contributed by atoms with Crippen LogP contribution in [-0.2, 0) is 0 Å². The van der Waals surface area contributed by atoms with E-state index in [2.05, 4.69) is 9.97 Å². The number of nitrogens with one attached hydrogen (secondary N) is 1. The number of para-hydroxylation sites is 2. The fraction of sp³-hybridized carbons (Fsp3) is 0. The van der Waals surface area contributed by atoms with E-state index >= 15 is 0 Å². The van der Waals surface area contributed by atoms with Gasteiger partial charge in [0.05, 0.1) is 9.82 Å². The van der Waals surface area contributed by atoms with Crippen LogP contribution < -0.4 is 5.56 Å². The van der Waals surface area contributed by atoms with Crippen LogP contribution in [0.15, 0.2) is 92.1 Å². The summed E-state index contributed by atoms with van der Waals surface area (Å²) in [6.07, 6.45) is 0. The number of fused-ring (bicyclic) bond motifs is 2. The molecule has 146 valence electrons. The molecule has 5 rings (SSSR count). The molecule has 3 aromatic carbocycles.